The van der Waals surface area contributed by atoms with Gasteiger partial charge in [-0.3, -0.25) is 0 Å². The van der Waals surface area contributed by atoms with Gasteiger partial charge in [-0.1, -0.05) is 19.1 Å². The second-order valence-corrected chi connectivity index (χ2v) is 7.31. The van der Waals surface area contributed by atoms with E-state index < -0.39 is 11.0 Å². The molecule has 0 aliphatic rings. The van der Waals surface area contributed by atoms with E-state index in [-0.39, 0.29) is 0 Å². The molecule has 5 nitrogen and oxygen atoms in total. The maximum absolute atomic E-state index is 12.0. The van der Waals surface area contributed by atoms with Crippen LogP contribution in [0.1, 0.15) is 18.9 Å². The van der Waals surface area contributed by atoms with E-state index in [9.17, 15) is 9.47 Å². The molecule has 0 spiro atoms. The highest BCUT2D eigenvalue weighted by Crippen LogP contribution is 2.35. The summed E-state index contributed by atoms with van der Waals surface area (Å²) in [6, 6.07) is 15.7. The topological polar surface area (TPSA) is 67.1 Å². The Balaban J connectivity index is 2.12. The third-order valence-corrected chi connectivity index (χ3v) is 5.52. The molecule has 0 radical (unpaired) electrons. The molecular weight excluding hydrogens is 346 g/mol. The quantitative estimate of drug-likeness (QED) is 0.709. The van der Waals surface area contributed by atoms with Crippen molar-refractivity contribution >= 4 is 27.6 Å². The molecule has 3 rings (SSSR count). The molecule has 6 heteroatoms. The summed E-state index contributed by atoms with van der Waals surface area (Å²) in [4.78, 5) is 0. The first-order valence-corrected chi connectivity index (χ1v) is 9.73. The van der Waals surface area contributed by atoms with Crippen LogP contribution in [0.2, 0.25) is 0 Å². The minimum Gasteiger partial charge on any atom is -0.497 e. The second-order valence-electron chi connectivity index (χ2n) is 6.01. The van der Waals surface area contributed by atoms with Crippen molar-refractivity contribution in [1.29, 1.82) is 5.26 Å². The number of aromatic nitrogens is 1. The van der Waals surface area contributed by atoms with Gasteiger partial charge in [-0.2, -0.15) is 5.26 Å². The minimum absolute atomic E-state index is 0.599. The second kappa shape index (κ2) is 7.63. The lowest BCUT2D eigenvalue weighted by Gasteiger charge is -2.09. The first-order valence-electron chi connectivity index (χ1n) is 8.41. The molecule has 1 atom stereocenters. The van der Waals surface area contributed by atoms with Gasteiger partial charge in [0.05, 0.1) is 18.4 Å². The van der Waals surface area contributed by atoms with Crippen LogP contribution >= 0.6 is 0 Å². The fourth-order valence-corrected chi connectivity index (χ4v) is 3.96. The number of hydrogen-bond donors (Lipinski definition) is 1. The van der Waals surface area contributed by atoms with Crippen molar-refractivity contribution in [2.24, 2.45) is 7.05 Å². The number of methoxy groups -OCH3 is 1. The third-order valence-electron chi connectivity index (χ3n) is 4.28. The lowest BCUT2D eigenvalue weighted by Crippen LogP contribution is -2.07. The standard InChI is InChI=1S/C20H21N3O2S/c1-4-10-26(24)22-15-7-5-6-14(11-15)20-18(13-21)17-12-16(25-3)8-9-19(17)23(20)2/h5-9,11-12,22H,4,10H2,1-3H3. The molecule has 1 unspecified atom stereocenters. The first-order chi connectivity index (χ1) is 12.6. The zero-order valence-electron chi connectivity index (χ0n) is 15.1. The van der Waals surface area contributed by atoms with Gasteiger partial charge in [0.15, 0.2) is 0 Å². The molecule has 0 amide bonds. The summed E-state index contributed by atoms with van der Waals surface area (Å²) in [7, 11) is 2.45. The molecule has 0 aliphatic heterocycles. The average molecular weight is 367 g/mol. The Kier molecular flexibility index (Phi) is 5.29. The maximum Gasteiger partial charge on any atom is 0.119 e. The van der Waals surface area contributed by atoms with Crippen LogP contribution in [0.15, 0.2) is 42.5 Å². The summed E-state index contributed by atoms with van der Waals surface area (Å²) in [5, 5.41) is 10.6. The summed E-state index contributed by atoms with van der Waals surface area (Å²) in [5.74, 6) is 1.32. The molecule has 2 aromatic carbocycles. The van der Waals surface area contributed by atoms with Gasteiger partial charge in [-0.25, -0.2) is 4.21 Å². The average Bonchev–Trinajstić information content (AvgIpc) is 2.93. The summed E-state index contributed by atoms with van der Waals surface area (Å²) >= 11 is 0. The van der Waals surface area contributed by atoms with Crippen LogP contribution in [0.3, 0.4) is 0 Å². The van der Waals surface area contributed by atoms with E-state index in [1.807, 2.05) is 61.0 Å². The maximum atomic E-state index is 12.0. The number of benzene rings is 2. The van der Waals surface area contributed by atoms with Crippen molar-refractivity contribution < 1.29 is 8.95 Å². The SMILES string of the molecule is CCCS(=O)Nc1cccc(-c2c(C#N)c3cc(OC)ccc3n2C)c1. The van der Waals surface area contributed by atoms with Crippen molar-refractivity contribution in [3.8, 4) is 23.1 Å². The lowest BCUT2D eigenvalue weighted by atomic mass is 10.1. The van der Waals surface area contributed by atoms with Crippen LogP contribution in [0.4, 0.5) is 5.69 Å². The van der Waals surface area contributed by atoms with Crippen LogP contribution in [0, 0.1) is 11.3 Å². The molecule has 134 valence electrons. The van der Waals surface area contributed by atoms with Gasteiger partial charge in [0.1, 0.15) is 22.8 Å². The highest BCUT2D eigenvalue weighted by Gasteiger charge is 2.17. The van der Waals surface area contributed by atoms with E-state index in [1.54, 1.807) is 7.11 Å². The molecule has 1 N–H and O–H groups in total. The fraction of sp³-hybridized carbons (Fsp3) is 0.250. The van der Waals surface area contributed by atoms with Gasteiger partial charge in [0.25, 0.3) is 0 Å². The summed E-state index contributed by atoms with van der Waals surface area (Å²) in [6.07, 6.45) is 0.850. The number of fused-ring (bicyclic) bond motifs is 1. The Morgan fingerprint density at radius 1 is 1.27 bits per heavy atom. The summed E-state index contributed by atoms with van der Waals surface area (Å²) in [5.41, 5.74) is 4.08. The van der Waals surface area contributed by atoms with Gasteiger partial charge in [-0.15, -0.1) is 0 Å². The number of anilines is 1. The number of nitrogens with zero attached hydrogens (tertiary/aromatic N) is 2. The van der Waals surface area contributed by atoms with E-state index >= 15 is 0 Å². The van der Waals surface area contributed by atoms with Gasteiger partial charge in [0, 0.05) is 35.0 Å². The number of nitriles is 1. The molecule has 0 saturated heterocycles. The Morgan fingerprint density at radius 3 is 2.77 bits per heavy atom. The molecule has 3 aromatic rings. The van der Waals surface area contributed by atoms with Gasteiger partial charge < -0.3 is 14.0 Å². The molecule has 26 heavy (non-hydrogen) atoms. The number of nitrogens with one attached hydrogen (secondary N) is 1. The van der Waals surface area contributed by atoms with Crippen LogP contribution in [-0.2, 0) is 18.0 Å². The van der Waals surface area contributed by atoms with Crippen molar-refractivity contribution in [2.75, 3.05) is 17.6 Å². The third kappa shape index (κ3) is 3.31. The van der Waals surface area contributed by atoms with Gasteiger partial charge in [-0.05, 0) is 36.8 Å². The highest BCUT2D eigenvalue weighted by atomic mass is 32.2. The largest absolute Gasteiger partial charge is 0.497 e. The minimum atomic E-state index is -1.11. The zero-order chi connectivity index (χ0) is 18.7. The van der Waals surface area contributed by atoms with E-state index in [0.29, 0.717) is 11.3 Å². The monoisotopic (exact) mass is 367 g/mol. The van der Waals surface area contributed by atoms with Crippen molar-refractivity contribution in [3.63, 3.8) is 0 Å². The van der Waals surface area contributed by atoms with Crippen molar-refractivity contribution in [1.82, 2.24) is 4.57 Å². The molecular formula is C20H21N3O2S. The lowest BCUT2D eigenvalue weighted by molar-refractivity contribution is 0.415. The van der Waals surface area contributed by atoms with E-state index in [2.05, 4.69) is 10.8 Å². The zero-order valence-corrected chi connectivity index (χ0v) is 15.9. The normalized spacial score (nSPS) is 11.9. The molecule has 0 fully saturated rings. The molecule has 1 heterocycles. The van der Waals surface area contributed by atoms with Gasteiger partial charge >= 0.3 is 0 Å². The summed E-state index contributed by atoms with van der Waals surface area (Å²) < 4.78 is 22.3. The molecule has 0 bridgehead atoms. The summed E-state index contributed by atoms with van der Waals surface area (Å²) in [6.45, 7) is 2.00. The molecule has 0 aliphatic carbocycles. The fourth-order valence-electron chi connectivity index (χ4n) is 3.10. The predicted molar refractivity (Wildman–Crippen MR) is 107 cm³/mol. The van der Waals surface area contributed by atoms with Crippen LogP contribution in [0.5, 0.6) is 5.75 Å². The van der Waals surface area contributed by atoms with Crippen molar-refractivity contribution in [2.45, 2.75) is 13.3 Å². The van der Waals surface area contributed by atoms with E-state index in [0.717, 1.165) is 40.0 Å². The number of ether oxygens (including phenoxy) is 1. The van der Waals surface area contributed by atoms with Crippen molar-refractivity contribution in [3.05, 3.63) is 48.0 Å². The molecule has 0 saturated carbocycles. The van der Waals surface area contributed by atoms with Gasteiger partial charge in [0.2, 0.25) is 0 Å². The number of hydrogen-bond acceptors (Lipinski definition) is 3. The Morgan fingerprint density at radius 2 is 2.08 bits per heavy atom. The Hall–Kier alpha value is -2.78. The van der Waals surface area contributed by atoms with Crippen LogP contribution < -0.4 is 9.46 Å². The Bertz CT molecular complexity index is 1020. The smallest absolute Gasteiger partial charge is 0.119 e. The van der Waals surface area contributed by atoms with E-state index in [1.165, 1.54) is 0 Å². The molecule has 1 aromatic heterocycles. The van der Waals surface area contributed by atoms with Crippen LogP contribution in [-0.4, -0.2) is 21.6 Å². The Labute approximate surface area is 155 Å². The highest BCUT2D eigenvalue weighted by molar-refractivity contribution is 7.86. The predicted octanol–water partition coefficient (Wildman–Crippen LogP) is 4.21. The first kappa shape index (κ1) is 18.0. The van der Waals surface area contributed by atoms with Crippen LogP contribution in [0.25, 0.3) is 22.2 Å². The number of aryl methyl sites for hydroxylation is 1. The van der Waals surface area contributed by atoms with E-state index in [4.69, 9.17) is 4.74 Å². The number of rotatable bonds is 6.